The van der Waals surface area contributed by atoms with E-state index in [0.717, 1.165) is 5.76 Å². The van der Waals surface area contributed by atoms with Crippen LogP contribution in [0, 0.1) is 0 Å². The number of anilines is 1. The van der Waals surface area contributed by atoms with E-state index in [9.17, 15) is 4.79 Å². The van der Waals surface area contributed by atoms with Gasteiger partial charge in [0.25, 0.3) is 0 Å². The Labute approximate surface area is 158 Å². The van der Waals surface area contributed by atoms with Crippen molar-refractivity contribution < 1.29 is 13.9 Å². The third kappa shape index (κ3) is 4.77. The van der Waals surface area contributed by atoms with Crippen molar-refractivity contribution in [2.24, 2.45) is 0 Å². The van der Waals surface area contributed by atoms with Crippen LogP contribution in [0.1, 0.15) is 12.2 Å². The average molecular weight is 394 g/mol. The van der Waals surface area contributed by atoms with Crippen LogP contribution >= 0.6 is 23.4 Å². The van der Waals surface area contributed by atoms with E-state index in [1.165, 1.54) is 18.9 Å². The number of halogens is 1. The molecule has 0 spiro atoms. The van der Waals surface area contributed by atoms with Gasteiger partial charge in [-0.15, -0.1) is 5.10 Å². The summed E-state index contributed by atoms with van der Waals surface area (Å²) < 4.78 is 12.1. The van der Waals surface area contributed by atoms with E-state index in [0.29, 0.717) is 33.9 Å². The molecule has 0 aliphatic rings. The predicted octanol–water partition coefficient (Wildman–Crippen LogP) is 3.10. The van der Waals surface area contributed by atoms with Crippen LogP contribution < -0.4 is 10.1 Å². The van der Waals surface area contributed by atoms with E-state index in [4.69, 9.17) is 20.8 Å². The molecule has 10 heteroatoms. The average Bonchev–Trinajstić information content (AvgIpc) is 3.28. The molecule has 3 aromatic rings. The summed E-state index contributed by atoms with van der Waals surface area (Å²) in [6.45, 7) is 0.439. The number of hydrogen-bond donors (Lipinski definition) is 1. The number of carbonyl (C=O) groups is 1. The Morgan fingerprint density at radius 1 is 1.42 bits per heavy atom. The third-order valence-electron chi connectivity index (χ3n) is 3.38. The Kier molecular flexibility index (Phi) is 6.13. The van der Waals surface area contributed by atoms with Crippen molar-refractivity contribution in [3.8, 4) is 5.75 Å². The fraction of sp³-hybridized carbons (Fsp3) is 0.250. The summed E-state index contributed by atoms with van der Waals surface area (Å²) in [4.78, 5) is 12.2. The first-order valence-electron chi connectivity index (χ1n) is 7.70. The minimum absolute atomic E-state index is 0.150. The third-order valence-corrected chi connectivity index (χ3v) is 4.57. The second-order valence-corrected chi connectivity index (χ2v) is 6.69. The molecule has 1 N–H and O–H groups in total. The van der Waals surface area contributed by atoms with Crippen LogP contribution in [-0.4, -0.2) is 39.0 Å². The van der Waals surface area contributed by atoms with Gasteiger partial charge in [0.2, 0.25) is 11.1 Å². The van der Waals surface area contributed by atoms with Crippen LogP contribution in [0.25, 0.3) is 0 Å². The minimum Gasteiger partial charge on any atom is -0.495 e. The zero-order valence-corrected chi connectivity index (χ0v) is 15.5. The van der Waals surface area contributed by atoms with E-state index in [2.05, 4.69) is 20.8 Å². The Morgan fingerprint density at radius 3 is 3.08 bits per heavy atom. The number of thioether (sulfide) groups is 1. The second-order valence-electron chi connectivity index (χ2n) is 5.19. The number of carbonyl (C=O) groups excluding carboxylic acids is 1. The number of aromatic nitrogens is 4. The van der Waals surface area contributed by atoms with E-state index >= 15 is 0 Å². The molecule has 1 aromatic carbocycles. The number of nitrogens with one attached hydrogen (secondary N) is 1. The van der Waals surface area contributed by atoms with Gasteiger partial charge in [0, 0.05) is 17.2 Å². The van der Waals surface area contributed by atoms with E-state index in [1.54, 1.807) is 35.2 Å². The highest BCUT2D eigenvalue weighted by Crippen LogP contribution is 2.28. The Balaban J connectivity index is 1.52. The Bertz CT molecular complexity index is 869. The lowest BCUT2D eigenvalue weighted by Gasteiger charge is -2.10. The molecule has 2 aromatic heterocycles. The van der Waals surface area contributed by atoms with Crippen molar-refractivity contribution in [1.29, 1.82) is 0 Å². The lowest BCUT2D eigenvalue weighted by molar-refractivity contribution is -0.115. The number of hydrogen-bond acceptors (Lipinski definition) is 7. The normalized spacial score (nSPS) is 10.7. The molecule has 0 fully saturated rings. The van der Waals surface area contributed by atoms with E-state index < -0.39 is 0 Å². The standard InChI is InChI=1S/C16H16ClN5O3S/c1-24-14-5-4-11(17)9-13(14)18-15(23)6-8-26-16-19-20-21-22(16)10-12-3-2-7-25-12/h2-5,7,9H,6,8,10H2,1H3,(H,18,23). The number of rotatable bonds is 8. The molecule has 0 radical (unpaired) electrons. The second kappa shape index (κ2) is 8.72. The Hall–Kier alpha value is -2.52. The lowest BCUT2D eigenvalue weighted by Crippen LogP contribution is -2.13. The molecule has 26 heavy (non-hydrogen) atoms. The number of methoxy groups -OCH3 is 1. The molecule has 0 saturated carbocycles. The summed E-state index contributed by atoms with van der Waals surface area (Å²) in [6.07, 6.45) is 1.88. The monoisotopic (exact) mass is 393 g/mol. The van der Waals surface area contributed by atoms with Gasteiger partial charge in [0.15, 0.2) is 0 Å². The fourth-order valence-corrected chi connectivity index (χ4v) is 3.16. The summed E-state index contributed by atoms with van der Waals surface area (Å²) in [5.74, 6) is 1.68. The maximum absolute atomic E-state index is 12.2. The van der Waals surface area contributed by atoms with Crippen molar-refractivity contribution in [3.05, 3.63) is 47.4 Å². The zero-order chi connectivity index (χ0) is 18.4. The quantitative estimate of drug-likeness (QED) is 0.587. The first-order chi connectivity index (χ1) is 12.7. The topological polar surface area (TPSA) is 95.1 Å². The molecule has 8 nitrogen and oxygen atoms in total. The first-order valence-corrected chi connectivity index (χ1v) is 9.07. The van der Waals surface area contributed by atoms with Crippen molar-refractivity contribution >= 4 is 35.0 Å². The molecule has 1 amide bonds. The number of amides is 1. The van der Waals surface area contributed by atoms with Gasteiger partial charge in [-0.25, -0.2) is 4.68 Å². The molecule has 0 unspecified atom stereocenters. The van der Waals surface area contributed by atoms with Gasteiger partial charge < -0.3 is 14.5 Å². The van der Waals surface area contributed by atoms with Gasteiger partial charge in [0.1, 0.15) is 18.1 Å². The molecule has 0 bridgehead atoms. The SMILES string of the molecule is COc1ccc(Cl)cc1NC(=O)CCSc1nnnn1Cc1ccco1. The van der Waals surface area contributed by atoms with Crippen LogP contribution in [0.3, 0.4) is 0 Å². The number of benzene rings is 1. The van der Waals surface area contributed by atoms with Gasteiger partial charge >= 0.3 is 0 Å². The highest BCUT2D eigenvalue weighted by Gasteiger charge is 2.12. The summed E-state index contributed by atoms with van der Waals surface area (Å²) >= 11 is 7.36. The van der Waals surface area contributed by atoms with Gasteiger partial charge in [-0.05, 0) is 40.8 Å². The Morgan fingerprint density at radius 2 is 2.31 bits per heavy atom. The molecular weight excluding hydrogens is 378 g/mol. The van der Waals surface area contributed by atoms with Crippen molar-refractivity contribution in [3.63, 3.8) is 0 Å². The highest BCUT2D eigenvalue weighted by molar-refractivity contribution is 7.99. The van der Waals surface area contributed by atoms with E-state index in [-0.39, 0.29) is 12.3 Å². The molecule has 0 saturated heterocycles. The zero-order valence-electron chi connectivity index (χ0n) is 13.9. The van der Waals surface area contributed by atoms with Gasteiger partial charge in [-0.3, -0.25) is 4.79 Å². The number of furan rings is 1. The fourth-order valence-electron chi connectivity index (χ4n) is 2.17. The summed E-state index contributed by atoms with van der Waals surface area (Å²) in [5.41, 5.74) is 0.539. The molecule has 0 atom stereocenters. The summed E-state index contributed by atoms with van der Waals surface area (Å²) in [7, 11) is 1.54. The smallest absolute Gasteiger partial charge is 0.225 e. The highest BCUT2D eigenvalue weighted by atomic mass is 35.5. The number of ether oxygens (including phenoxy) is 1. The summed E-state index contributed by atoms with van der Waals surface area (Å²) in [5, 5.41) is 15.5. The minimum atomic E-state index is -0.150. The first kappa shape index (κ1) is 18.3. The molecule has 3 rings (SSSR count). The predicted molar refractivity (Wildman–Crippen MR) is 97.6 cm³/mol. The van der Waals surface area contributed by atoms with Gasteiger partial charge in [-0.2, -0.15) is 0 Å². The van der Waals surface area contributed by atoms with Gasteiger partial charge in [0.05, 0.1) is 19.1 Å². The van der Waals surface area contributed by atoms with Crippen LogP contribution in [0.4, 0.5) is 5.69 Å². The van der Waals surface area contributed by atoms with E-state index in [1.807, 2.05) is 6.07 Å². The van der Waals surface area contributed by atoms with Crippen molar-refractivity contribution in [2.45, 2.75) is 18.1 Å². The van der Waals surface area contributed by atoms with Crippen LogP contribution in [0.2, 0.25) is 5.02 Å². The van der Waals surface area contributed by atoms with Gasteiger partial charge in [-0.1, -0.05) is 23.4 Å². The molecule has 136 valence electrons. The van der Waals surface area contributed by atoms with Crippen molar-refractivity contribution in [1.82, 2.24) is 20.2 Å². The van der Waals surface area contributed by atoms with Crippen LogP contribution in [0.5, 0.6) is 5.75 Å². The number of tetrazole rings is 1. The molecule has 0 aliphatic heterocycles. The molecular formula is C16H16ClN5O3S. The van der Waals surface area contributed by atoms with Crippen molar-refractivity contribution in [2.75, 3.05) is 18.2 Å². The summed E-state index contributed by atoms with van der Waals surface area (Å²) in [6, 6.07) is 8.71. The van der Waals surface area contributed by atoms with Crippen LogP contribution in [0.15, 0.2) is 46.2 Å². The maximum Gasteiger partial charge on any atom is 0.225 e. The molecule has 2 heterocycles. The van der Waals surface area contributed by atoms with Crippen LogP contribution in [-0.2, 0) is 11.3 Å². The largest absolute Gasteiger partial charge is 0.495 e. The number of nitrogens with zero attached hydrogens (tertiary/aromatic N) is 4. The molecule has 0 aliphatic carbocycles. The lowest BCUT2D eigenvalue weighted by atomic mass is 10.3. The maximum atomic E-state index is 12.2.